The van der Waals surface area contributed by atoms with Crippen molar-refractivity contribution < 1.29 is 36.6 Å². The number of alkyl halides is 3. The highest BCUT2D eigenvalue weighted by Crippen LogP contribution is 2.41. The van der Waals surface area contributed by atoms with E-state index in [0.29, 0.717) is 29.8 Å². The van der Waals surface area contributed by atoms with E-state index in [1.54, 1.807) is 26.8 Å². The maximum Gasteiger partial charge on any atom is 0.573 e. The highest BCUT2D eigenvalue weighted by molar-refractivity contribution is 6.74. The molecule has 1 aromatic carbocycles. The van der Waals surface area contributed by atoms with E-state index in [1.807, 2.05) is 0 Å². The third-order valence-corrected chi connectivity index (χ3v) is 11.5. The van der Waals surface area contributed by atoms with Crippen LogP contribution in [0.4, 0.5) is 29.5 Å². The van der Waals surface area contributed by atoms with Gasteiger partial charge in [-0.1, -0.05) is 20.8 Å². The number of halogens is 3. The third kappa shape index (κ3) is 9.62. The number of alkyl carbamates (subject to hydrolysis) is 1. The monoisotopic (exact) mass is 610 g/mol. The van der Waals surface area contributed by atoms with Crippen LogP contribution >= 0.6 is 0 Å². The van der Waals surface area contributed by atoms with Crippen LogP contribution in [0.1, 0.15) is 59.9 Å². The number of carbonyl (C=O) groups is 1. The average molecular weight is 611 g/mol. The molecule has 1 saturated carbocycles. The standard InChI is InChI=1S/C29H41F3N4O5Si/c1-27(2,3)40-26(37)35-17-22(33)24-23(38-20-15-21(16-20)41-42(7,8)28(4,5)6)13-14-34-25(24)36-18-9-11-19(12-10-18)39-29(30,31)32/h9-14,20-21,33H,15-17H2,1-8H3,(H,34,36)(H,35,37). The highest BCUT2D eigenvalue weighted by atomic mass is 28.4. The Morgan fingerprint density at radius 1 is 1.02 bits per heavy atom. The van der Waals surface area contributed by atoms with E-state index in [1.165, 1.54) is 30.5 Å². The number of benzene rings is 1. The minimum Gasteiger partial charge on any atom is -0.489 e. The van der Waals surface area contributed by atoms with Gasteiger partial charge < -0.3 is 34.7 Å². The molecule has 3 N–H and O–H groups in total. The largest absolute Gasteiger partial charge is 0.573 e. The van der Waals surface area contributed by atoms with Crippen molar-refractivity contribution in [2.24, 2.45) is 0 Å². The molecule has 3 rings (SSSR count). The summed E-state index contributed by atoms with van der Waals surface area (Å²) in [5, 5.41) is 14.5. The Morgan fingerprint density at radius 2 is 1.64 bits per heavy atom. The molecular formula is C29H41F3N4O5Si. The van der Waals surface area contributed by atoms with Crippen LogP contribution in [0.5, 0.6) is 11.5 Å². The number of hydrogen-bond donors (Lipinski definition) is 3. The molecule has 0 unspecified atom stereocenters. The van der Waals surface area contributed by atoms with Crippen LogP contribution in [-0.2, 0) is 9.16 Å². The van der Waals surface area contributed by atoms with Crippen LogP contribution in [0.3, 0.4) is 0 Å². The van der Waals surface area contributed by atoms with Gasteiger partial charge in [-0.3, -0.25) is 0 Å². The zero-order valence-electron chi connectivity index (χ0n) is 25.4. The molecule has 1 aliphatic carbocycles. The van der Waals surface area contributed by atoms with Gasteiger partial charge in [-0.05, 0) is 69.2 Å². The van der Waals surface area contributed by atoms with E-state index >= 15 is 0 Å². The molecule has 1 heterocycles. The second-order valence-corrected chi connectivity index (χ2v) is 17.5. The Bertz CT molecular complexity index is 1250. The Hall–Kier alpha value is -3.32. The topological polar surface area (TPSA) is 115 Å². The third-order valence-electron chi connectivity index (χ3n) is 6.99. The van der Waals surface area contributed by atoms with Crippen molar-refractivity contribution in [3.63, 3.8) is 0 Å². The van der Waals surface area contributed by atoms with Crippen molar-refractivity contribution >= 4 is 31.6 Å². The van der Waals surface area contributed by atoms with E-state index in [0.717, 1.165) is 0 Å². The van der Waals surface area contributed by atoms with Crippen molar-refractivity contribution in [1.82, 2.24) is 10.3 Å². The molecule has 0 aliphatic heterocycles. The van der Waals surface area contributed by atoms with Gasteiger partial charge in [0.15, 0.2) is 8.32 Å². The maximum atomic E-state index is 12.6. The van der Waals surface area contributed by atoms with Crippen molar-refractivity contribution in [1.29, 1.82) is 5.41 Å². The van der Waals surface area contributed by atoms with Gasteiger partial charge in [0.1, 0.15) is 29.0 Å². The molecule has 0 saturated heterocycles. The number of anilines is 2. The molecule has 13 heteroatoms. The predicted molar refractivity (Wildman–Crippen MR) is 157 cm³/mol. The summed E-state index contributed by atoms with van der Waals surface area (Å²) in [4.78, 5) is 16.6. The second kappa shape index (κ2) is 12.5. The van der Waals surface area contributed by atoms with Gasteiger partial charge in [-0.25, -0.2) is 9.78 Å². The lowest BCUT2D eigenvalue weighted by Gasteiger charge is -2.44. The lowest BCUT2D eigenvalue weighted by atomic mass is 9.92. The lowest BCUT2D eigenvalue weighted by Crippen LogP contribution is -2.50. The molecule has 0 spiro atoms. The number of nitrogens with zero attached hydrogens (tertiary/aromatic N) is 1. The Balaban J connectivity index is 1.79. The van der Waals surface area contributed by atoms with Gasteiger partial charge in [-0.2, -0.15) is 0 Å². The molecule has 0 atom stereocenters. The maximum absolute atomic E-state index is 12.6. The number of ether oxygens (including phenoxy) is 3. The zero-order chi connectivity index (χ0) is 31.5. The Labute approximate surface area is 246 Å². The zero-order valence-corrected chi connectivity index (χ0v) is 26.4. The van der Waals surface area contributed by atoms with Crippen LogP contribution in [0.25, 0.3) is 0 Å². The van der Waals surface area contributed by atoms with Gasteiger partial charge in [0.25, 0.3) is 0 Å². The van der Waals surface area contributed by atoms with Crippen LogP contribution in [-0.4, -0.2) is 55.8 Å². The molecule has 9 nitrogen and oxygen atoms in total. The number of rotatable bonds is 10. The van der Waals surface area contributed by atoms with E-state index in [-0.39, 0.29) is 41.1 Å². The lowest BCUT2D eigenvalue weighted by molar-refractivity contribution is -0.274. The number of pyridine rings is 1. The van der Waals surface area contributed by atoms with Crippen LogP contribution < -0.4 is 20.1 Å². The molecule has 42 heavy (non-hydrogen) atoms. The predicted octanol–water partition coefficient (Wildman–Crippen LogP) is 7.55. The average Bonchev–Trinajstić information content (AvgIpc) is 2.80. The number of carbonyl (C=O) groups excluding carboxylic acids is 1. The van der Waals surface area contributed by atoms with Gasteiger partial charge in [0, 0.05) is 24.7 Å². The molecule has 0 radical (unpaired) electrons. The van der Waals surface area contributed by atoms with Gasteiger partial charge in [0.05, 0.1) is 23.9 Å². The van der Waals surface area contributed by atoms with E-state index in [9.17, 15) is 18.0 Å². The van der Waals surface area contributed by atoms with Crippen molar-refractivity contribution in [3.8, 4) is 11.5 Å². The summed E-state index contributed by atoms with van der Waals surface area (Å²) < 4.78 is 59.7. The minimum absolute atomic E-state index is 0.00289. The minimum atomic E-state index is -4.80. The molecule has 1 aliphatic rings. The summed E-state index contributed by atoms with van der Waals surface area (Å²) in [6, 6.07) is 6.78. The fourth-order valence-electron chi connectivity index (χ4n) is 3.85. The highest BCUT2D eigenvalue weighted by Gasteiger charge is 2.43. The van der Waals surface area contributed by atoms with Gasteiger partial charge in [-0.15, -0.1) is 13.2 Å². The van der Waals surface area contributed by atoms with Crippen molar-refractivity contribution in [2.45, 2.75) is 96.7 Å². The van der Waals surface area contributed by atoms with Crippen LogP contribution in [0.15, 0.2) is 36.5 Å². The molecule has 1 fully saturated rings. The fourth-order valence-corrected chi connectivity index (χ4v) is 5.23. The number of aromatic nitrogens is 1. The number of nitrogens with one attached hydrogen (secondary N) is 3. The van der Waals surface area contributed by atoms with Crippen LogP contribution in [0.2, 0.25) is 18.1 Å². The first-order chi connectivity index (χ1) is 19.2. The Kier molecular flexibility index (Phi) is 9.88. The smallest absolute Gasteiger partial charge is 0.489 e. The summed E-state index contributed by atoms with van der Waals surface area (Å²) in [7, 11) is -1.93. The van der Waals surface area contributed by atoms with E-state index in [4.69, 9.17) is 19.3 Å². The molecule has 0 bridgehead atoms. The summed E-state index contributed by atoms with van der Waals surface area (Å²) >= 11 is 0. The van der Waals surface area contributed by atoms with Gasteiger partial charge in [0.2, 0.25) is 0 Å². The second-order valence-electron chi connectivity index (χ2n) is 12.8. The normalized spacial score (nSPS) is 17.6. The summed E-state index contributed by atoms with van der Waals surface area (Å²) in [6.45, 7) is 16.0. The fraction of sp³-hybridized carbons (Fsp3) is 0.552. The molecule has 1 amide bonds. The summed E-state index contributed by atoms with van der Waals surface area (Å²) in [5.41, 5.74) is 0.00111. The van der Waals surface area contributed by atoms with E-state index < -0.39 is 26.4 Å². The first-order valence-electron chi connectivity index (χ1n) is 13.7. The van der Waals surface area contributed by atoms with E-state index in [2.05, 4.69) is 54.2 Å². The molecule has 1 aromatic heterocycles. The SMILES string of the molecule is CC(C)(C)OC(=O)NCC(=N)c1c(OC2CC(O[Si](C)(C)C(C)(C)C)C2)ccnc1Nc1ccc(OC(F)(F)F)cc1. The Morgan fingerprint density at radius 3 is 2.19 bits per heavy atom. The quantitative estimate of drug-likeness (QED) is 0.188. The molecule has 2 aromatic rings. The number of hydrogen-bond acceptors (Lipinski definition) is 8. The van der Waals surface area contributed by atoms with Crippen molar-refractivity contribution in [3.05, 3.63) is 42.1 Å². The number of amides is 1. The van der Waals surface area contributed by atoms with Crippen LogP contribution in [0, 0.1) is 5.41 Å². The van der Waals surface area contributed by atoms with Crippen molar-refractivity contribution in [2.75, 3.05) is 11.9 Å². The molecule has 232 valence electrons. The molecular weight excluding hydrogens is 569 g/mol. The van der Waals surface area contributed by atoms with Gasteiger partial charge >= 0.3 is 12.5 Å². The first kappa shape index (κ1) is 33.2. The summed E-state index contributed by atoms with van der Waals surface area (Å²) in [5.74, 6) is 0.254. The first-order valence-corrected chi connectivity index (χ1v) is 16.6. The summed E-state index contributed by atoms with van der Waals surface area (Å²) in [6.07, 6.45) is -2.63.